The molecule has 1 aliphatic rings. The normalized spacial score (nSPS) is 22.2. The molecule has 192 valence electrons. The number of hydrogen-bond donors (Lipinski definition) is 3. The van der Waals surface area contributed by atoms with Gasteiger partial charge in [0.2, 0.25) is 11.8 Å². The first-order chi connectivity index (χ1) is 17.5. The highest BCUT2D eigenvalue weighted by atomic mass is 16.5. The summed E-state index contributed by atoms with van der Waals surface area (Å²) in [5.41, 5.74) is 1.86. The molecule has 7 nitrogen and oxygen atoms in total. The number of allylic oxidation sites excluding steroid dienone is 2. The maximum absolute atomic E-state index is 13.3. The van der Waals surface area contributed by atoms with Crippen molar-refractivity contribution in [1.29, 1.82) is 0 Å². The van der Waals surface area contributed by atoms with Gasteiger partial charge in [0.05, 0.1) is 25.0 Å². The molecule has 0 spiro atoms. The summed E-state index contributed by atoms with van der Waals surface area (Å²) in [6.07, 6.45) is 5.49. The molecule has 4 atom stereocenters. The second-order valence-corrected chi connectivity index (χ2v) is 9.30. The Hall–Kier alpha value is -3.45. The fourth-order valence-corrected chi connectivity index (χ4v) is 4.23. The summed E-state index contributed by atoms with van der Waals surface area (Å²) >= 11 is 0. The van der Waals surface area contributed by atoms with Crippen molar-refractivity contribution < 1.29 is 24.2 Å². The van der Waals surface area contributed by atoms with E-state index in [0.717, 1.165) is 11.1 Å². The molecule has 7 heteroatoms. The van der Waals surface area contributed by atoms with E-state index < -0.39 is 12.0 Å². The van der Waals surface area contributed by atoms with Crippen molar-refractivity contribution in [3.05, 3.63) is 83.9 Å². The Labute approximate surface area is 212 Å². The van der Waals surface area contributed by atoms with Crippen LogP contribution in [-0.2, 0) is 25.5 Å². The van der Waals surface area contributed by atoms with E-state index in [4.69, 9.17) is 4.74 Å². The average Bonchev–Trinajstić information content (AvgIpc) is 2.90. The lowest BCUT2D eigenvalue weighted by Crippen LogP contribution is -2.40. The molecule has 1 heterocycles. The minimum atomic E-state index is -0.640. The van der Waals surface area contributed by atoms with Gasteiger partial charge in [0.1, 0.15) is 6.10 Å². The predicted molar refractivity (Wildman–Crippen MR) is 138 cm³/mol. The van der Waals surface area contributed by atoms with Crippen molar-refractivity contribution in [1.82, 2.24) is 10.6 Å². The second-order valence-electron chi connectivity index (χ2n) is 9.30. The standard InChI is InChI=1S/C29H36N2O5/c1-21(20-32)31-27(33)18-24-15-9-4-10-16-25(17-22-11-5-2-6-12-22)29(35)36-26(19-30-28(24)34)23-13-7-3-8-14-23/h2-9,11-14,21,24-26,32H,10,15-20H2,1H3,(H,30,34)(H,31,33)/t21-,24-,25-,26+/m1/s1. The molecule has 0 saturated carbocycles. The fraction of sp³-hybridized carbons (Fsp3) is 0.414. The first-order valence-corrected chi connectivity index (χ1v) is 12.6. The molecule has 2 aromatic rings. The summed E-state index contributed by atoms with van der Waals surface area (Å²) in [6.45, 7) is 1.64. The first-order valence-electron chi connectivity index (χ1n) is 12.6. The van der Waals surface area contributed by atoms with Gasteiger partial charge in [-0.2, -0.15) is 0 Å². The summed E-state index contributed by atoms with van der Waals surface area (Å²) in [5, 5.41) is 14.8. The first kappa shape index (κ1) is 27.1. The molecule has 3 N–H and O–H groups in total. The quantitative estimate of drug-likeness (QED) is 0.405. The summed E-state index contributed by atoms with van der Waals surface area (Å²) in [4.78, 5) is 38.8. The van der Waals surface area contributed by atoms with Crippen LogP contribution in [0.1, 0.15) is 49.8 Å². The van der Waals surface area contributed by atoms with Crippen LogP contribution in [0.25, 0.3) is 0 Å². The van der Waals surface area contributed by atoms with Crippen LogP contribution in [0.5, 0.6) is 0 Å². The Bertz CT molecular complexity index is 1010. The van der Waals surface area contributed by atoms with Crippen LogP contribution in [0.3, 0.4) is 0 Å². The van der Waals surface area contributed by atoms with E-state index in [1.54, 1.807) is 6.92 Å². The minimum Gasteiger partial charge on any atom is -0.455 e. The van der Waals surface area contributed by atoms with Gasteiger partial charge < -0.3 is 20.5 Å². The molecule has 2 aromatic carbocycles. The number of rotatable bonds is 7. The largest absolute Gasteiger partial charge is 0.455 e. The van der Waals surface area contributed by atoms with Crippen molar-refractivity contribution in [2.24, 2.45) is 11.8 Å². The number of carbonyl (C=O) groups is 3. The third-order valence-electron chi connectivity index (χ3n) is 6.30. The van der Waals surface area contributed by atoms with Crippen molar-refractivity contribution in [3.63, 3.8) is 0 Å². The van der Waals surface area contributed by atoms with Crippen molar-refractivity contribution >= 4 is 17.8 Å². The third kappa shape index (κ3) is 8.64. The molecule has 0 bridgehead atoms. The number of aliphatic hydroxyl groups is 1. The monoisotopic (exact) mass is 492 g/mol. The van der Waals surface area contributed by atoms with Crippen molar-refractivity contribution in [2.45, 2.75) is 51.2 Å². The summed E-state index contributed by atoms with van der Waals surface area (Å²) in [6, 6.07) is 18.9. The number of cyclic esters (lactones) is 1. The zero-order valence-electron chi connectivity index (χ0n) is 20.8. The molecule has 0 saturated heterocycles. The van der Waals surface area contributed by atoms with E-state index in [0.29, 0.717) is 25.7 Å². The zero-order chi connectivity index (χ0) is 25.8. The van der Waals surface area contributed by atoms with E-state index in [1.807, 2.05) is 72.8 Å². The number of ether oxygens (including phenoxy) is 1. The van der Waals surface area contributed by atoms with Crippen LogP contribution in [0.2, 0.25) is 0 Å². The molecular weight excluding hydrogens is 456 g/mol. The Balaban J connectivity index is 1.80. The van der Waals surface area contributed by atoms with Crippen molar-refractivity contribution in [3.8, 4) is 0 Å². The number of esters is 1. The Morgan fingerprint density at radius 1 is 1.06 bits per heavy atom. The number of benzene rings is 2. The van der Waals surface area contributed by atoms with Crippen LogP contribution in [0.15, 0.2) is 72.8 Å². The van der Waals surface area contributed by atoms with Gasteiger partial charge in [0, 0.05) is 12.5 Å². The van der Waals surface area contributed by atoms with Crippen LogP contribution >= 0.6 is 0 Å². The van der Waals surface area contributed by atoms with E-state index in [9.17, 15) is 19.5 Å². The molecule has 2 amide bonds. The van der Waals surface area contributed by atoms with Gasteiger partial charge in [0.15, 0.2) is 0 Å². The second kappa shape index (κ2) is 14.2. The molecular formula is C29H36N2O5. The fourth-order valence-electron chi connectivity index (χ4n) is 4.23. The van der Waals surface area contributed by atoms with Gasteiger partial charge in [0.25, 0.3) is 0 Å². The van der Waals surface area contributed by atoms with E-state index in [-0.39, 0.29) is 49.3 Å². The summed E-state index contributed by atoms with van der Waals surface area (Å²) < 4.78 is 5.98. The van der Waals surface area contributed by atoms with Gasteiger partial charge >= 0.3 is 5.97 Å². The molecule has 0 unspecified atom stereocenters. The van der Waals surface area contributed by atoms with Crippen LogP contribution in [0, 0.1) is 11.8 Å². The average molecular weight is 493 g/mol. The molecule has 0 radical (unpaired) electrons. The zero-order valence-corrected chi connectivity index (χ0v) is 20.8. The molecule has 0 fully saturated rings. The van der Waals surface area contributed by atoms with Gasteiger partial charge in [-0.25, -0.2) is 0 Å². The van der Waals surface area contributed by atoms with Gasteiger partial charge in [-0.15, -0.1) is 0 Å². The number of hydrogen-bond acceptors (Lipinski definition) is 5. The Kier molecular flexibility index (Phi) is 10.7. The van der Waals surface area contributed by atoms with Gasteiger partial charge in [-0.1, -0.05) is 72.8 Å². The van der Waals surface area contributed by atoms with E-state index in [1.165, 1.54) is 0 Å². The van der Waals surface area contributed by atoms with Crippen LogP contribution in [0.4, 0.5) is 0 Å². The SMILES string of the molecule is C[C@H](CO)NC(=O)C[C@H]1CC=CCC[C@H](Cc2ccccc2)C(=O)O[C@H](c2ccccc2)CNC1=O. The lowest BCUT2D eigenvalue weighted by molar-refractivity contribution is -0.155. The third-order valence-corrected chi connectivity index (χ3v) is 6.30. The van der Waals surface area contributed by atoms with Gasteiger partial charge in [-0.3, -0.25) is 14.4 Å². The maximum atomic E-state index is 13.3. The molecule has 36 heavy (non-hydrogen) atoms. The Morgan fingerprint density at radius 3 is 2.44 bits per heavy atom. The van der Waals surface area contributed by atoms with Gasteiger partial charge in [-0.05, 0) is 43.7 Å². The van der Waals surface area contributed by atoms with E-state index >= 15 is 0 Å². The number of amides is 2. The lowest BCUT2D eigenvalue weighted by Gasteiger charge is -2.23. The lowest BCUT2D eigenvalue weighted by atomic mass is 9.94. The molecule has 0 aliphatic carbocycles. The number of carbonyl (C=O) groups excluding carboxylic acids is 3. The predicted octanol–water partition coefficient (Wildman–Crippen LogP) is 3.49. The van der Waals surface area contributed by atoms with Crippen molar-refractivity contribution in [2.75, 3.05) is 13.2 Å². The van der Waals surface area contributed by atoms with Crippen LogP contribution < -0.4 is 10.6 Å². The topological polar surface area (TPSA) is 105 Å². The Morgan fingerprint density at radius 2 is 1.75 bits per heavy atom. The molecule has 1 aliphatic heterocycles. The number of nitrogens with one attached hydrogen (secondary N) is 2. The minimum absolute atomic E-state index is 0.00688. The summed E-state index contributed by atoms with van der Waals surface area (Å²) in [5.74, 6) is -1.74. The number of aliphatic hydroxyl groups excluding tert-OH is 1. The highest BCUT2D eigenvalue weighted by Gasteiger charge is 2.27. The van der Waals surface area contributed by atoms with E-state index in [2.05, 4.69) is 10.6 Å². The highest BCUT2D eigenvalue weighted by molar-refractivity contribution is 5.86. The maximum Gasteiger partial charge on any atom is 0.309 e. The molecule has 0 aromatic heterocycles. The molecule has 3 rings (SSSR count). The summed E-state index contributed by atoms with van der Waals surface area (Å²) in [7, 11) is 0. The smallest absolute Gasteiger partial charge is 0.309 e. The van der Waals surface area contributed by atoms with Crippen LogP contribution in [-0.4, -0.2) is 42.1 Å². The highest BCUT2D eigenvalue weighted by Crippen LogP contribution is 2.24.